The first-order chi connectivity index (χ1) is 10.7. The summed E-state index contributed by atoms with van der Waals surface area (Å²) in [4.78, 5) is 32.5. The van der Waals surface area contributed by atoms with E-state index in [-0.39, 0.29) is 17.4 Å². The number of fused-ring (bicyclic) bond motifs is 1. The van der Waals surface area contributed by atoms with Crippen LogP contribution in [0, 0.1) is 5.92 Å². The lowest BCUT2D eigenvalue weighted by molar-refractivity contribution is -0.921. The van der Waals surface area contributed by atoms with E-state index in [9.17, 15) is 9.59 Å². The zero-order valence-electron chi connectivity index (χ0n) is 12.6. The van der Waals surface area contributed by atoms with Crippen LogP contribution in [0.1, 0.15) is 25.6 Å². The smallest absolute Gasteiger partial charge is 0.314 e. The molecule has 1 unspecified atom stereocenters. The summed E-state index contributed by atoms with van der Waals surface area (Å²) in [5.41, 5.74) is 0.676. The molecule has 0 radical (unpaired) electrons. The number of nitrogens with zero attached hydrogens (tertiary/aromatic N) is 1. The molecule has 1 aliphatic heterocycles. The lowest BCUT2D eigenvalue weighted by atomic mass is 9.98. The number of aromatic nitrogens is 2. The molecule has 2 aromatic heterocycles. The van der Waals surface area contributed by atoms with Gasteiger partial charge in [0.15, 0.2) is 5.82 Å². The minimum absolute atomic E-state index is 0.0414. The number of piperidine rings is 1. The van der Waals surface area contributed by atoms with Crippen LogP contribution >= 0.6 is 11.3 Å². The summed E-state index contributed by atoms with van der Waals surface area (Å²) in [6.45, 7) is 4.62. The summed E-state index contributed by atoms with van der Waals surface area (Å²) in [6.07, 6.45) is 1.87. The molecule has 2 aromatic rings. The largest absolute Gasteiger partial charge is 0.466 e. The van der Waals surface area contributed by atoms with E-state index in [1.54, 1.807) is 0 Å². The van der Waals surface area contributed by atoms with Gasteiger partial charge >= 0.3 is 5.97 Å². The minimum atomic E-state index is -0.102. The minimum Gasteiger partial charge on any atom is -0.466 e. The Balaban J connectivity index is 1.71. The Morgan fingerprint density at radius 1 is 1.59 bits per heavy atom. The highest BCUT2D eigenvalue weighted by atomic mass is 32.1. The average molecular weight is 322 g/mol. The van der Waals surface area contributed by atoms with Gasteiger partial charge in [-0.3, -0.25) is 9.59 Å². The zero-order chi connectivity index (χ0) is 15.5. The maximum Gasteiger partial charge on any atom is 0.314 e. The van der Waals surface area contributed by atoms with Crippen LogP contribution in [-0.4, -0.2) is 35.6 Å². The van der Waals surface area contributed by atoms with E-state index >= 15 is 0 Å². The number of hydrogen-bond acceptors (Lipinski definition) is 5. The second kappa shape index (κ2) is 6.58. The second-order valence-electron chi connectivity index (χ2n) is 5.62. The quantitative estimate of drug-likeness (QED) is 0.796. The van der Waals surface area contributed by atoms with Gasteiger partial charge in [0.25, 0.3) is 5.56 Å². The van der Waals surface area contributed by atoms with Gasteiger partial charge in [-0.05, 0) is 31.2 Å². The van der Waals surface area contributed by atoms with E-state index in [0.29, 0.717) is 23.7 Å². The Hall–Kier alpha value is -1.73. The standard InChI is InChI=1S/C15H19N3O3S/c1-2-21-15(20)10-4-3-6-18(8-10)9-12-16-11-5-7-22-13(11)14(19)17-12/h5,7,10H,2-4,6,8-9H2,1H3,(H,16,17,19)/p+1/t10-/m1/s1. The van der Waals surface area contributed by atoms with E-state index in [1.165, 1.54) is 16.2 Å². The number of ether oxygens (including phenoxy) is 1. The highest BCUT2D eigenvalue weighted by molar-refractivity contribution is 7.17. The Kier molecular flexibility index (Phi) is 4.54. The van der Waals surface area contributed by atoms with Gasteiger partial charge in [0, 0.05) is 0 Å². The zero-order valence-corrected chi connectivity index (χ0v) is 13.4. The SMILES string of the molecule is CCOC(=O)[C@@H]1CCC[NH+](Cc2nc3ccsc3c(=O)[nH]2)C1. The van der Waals surface area contributed by atoms with Gasteiger partial charge < -0.3 is 14.6 Å². The molecule has 0 spiro atoms. The van der Waals surface area contributed by atoms with Crippen LogP contribution in [0.4, 0.5) is 0 Å². The molecule has 1 saturated heterocycles. The number of hydrogen-bond donors (Lipinski definition) is 2. The highest BCUT2D eigenvalue weighted by Crippen LogP contribution is 2.14. The molecule has 1 aliphatic rings. The molecule has 0 bridgehead atoms. The number of esters is 1. The predicted octanol–water partition coefficient (Wildman–Crippen LogP) is 0.343. The molecule has 7 heteroatoms. The predicted molar refractivity (Wildman–Crippen MR) is 84.0 cm³/mol. The molecule has 3 heterocycles. The van der Waals surface area contributed by atoms with E-state index in [0.717, 1.165) is 31.4 Å². The van der Waals surface area contributed by atoms with Gasteiger partial charge in [-0.25, -0.2) is 4.98 Å². The first-order valence-corrected chi connectivity index (χ1v) is 8.52. The molecular formula is C15H20N3O3S+. The fourth-order valence-corrected chi connectivity index (χ4v) is 3.74. The van der Waals surface area contributed by atoms with Gasteiger partial charge in [0.2, 0.25) is 0 Å². The summed E-state index contributed by atoms with van der Waals surface area (Å²) in [6, 6.07) is 1.87. The fourth-order valence-electron chi connectivity index (χ4n) is 3.02. The van der Waals surface area contributed by atoms with Crippen molar-refractivity contribution in [2.75, 3.05) is 19.7 Å². The number of quaternary nitrogens is 1. The van der Waals surface area contributed by atoms with Crippen molar-refractivity contribution in [1.29, 1.82) is 0 Å². The molecule has 2 atom stereocenters. The van der Waals surface area contributed by atoms with Crippen LogP contribution in [0.15, 0.2) is 16.2 Å². The van der Waals surface area contributed by atoms with Gasteiger partial charge in [0.1, 0.15) is 17.2 Å². The summed E-state index contributed by atoms with van der Waals surface area (Å²) < 4.78 is 5.79. The van der Waals surface area contributed by atoms with Gasteiger partial charge in [-0.2, -0.15) is 0 Å². The summed E-state index contributed by atoms with van der Waals surface area (Å²) >= 11 is 1.40. The van der Waals surface area contributed by atoms with E-state index in [4.69, 9.17) is 4.74 Å². The molecular weight excluding hydrogens is 302 g/mol. The van der Waals surface area contributed by atoms with Crippen LogP contribution in [0.3, 0.4) is 0 Å². The number of aromatic amines is 1. The Morgan fingerprint density at radius 3 is 3.27 bits per heavy atom. The van der Waals surface area contributed by atoms with E-state index in [1.807, 2.05) is 18.4 Å². The maximum atomic E-state index is 12.0. The van der Waals surface area contributed by atoms with Crippen LogP contribution in [0.25, 0.3) is 10.2 Å². The molecule has 22 heavy (non-hydrogen) atoms. The average Bonchev–Trinajstić information content (AvgIpc) is 2.97. The van der Waals surface area contributed by atoms with E-state index < -0.39 is 0 Å². The Labute approximate surface area is 132 Å². The Bertz CT molecular complexity index is 724. The maximum absolute atomic E-state index is 12.0. The topological polar surface area (TPSA) is 76.5 Å². The van der Waals surface area contributed by atoms with Crippen molar-refractivity contribution in [2.24, 2.45) is 5.92 Å². The number of H-pyrrole nitrogens is 1. The normalized spacial score (nSPS) is 21.9. The molecule has 0 aromatic carbocycles. The van der Waals surface area contributed by atoms with Crippen molar-refractivity contribution in [3.63, 3.8) is 0 Å². The molecule has 6 nitrogen and oxygen atoms in total. The molecule has 3 rings (SSSR count). The van der Waals surface area contributed by atoms with Crippen LogP contribution in [0.2, 0.25) is 0 Å². The monoisotopic (exact) mass is 322 g/mol. The number of rotatable bonds is 4. The number of carbonyl (C=O) groups is 1. The third-order valence-corrected chi connectivity index (χ3v) is 4.92. The van der Waals surface area contributed by atoms with Crippen molar-refractivity contribution in [2.45, 2.75) is 26.3 Å². The lowest BCUT2D eigenvalue weighted by Crippen LogP contribution is -3.12. The van der Waals surface area contributed by atoms with Crippen molar-refractivity contribution < 1.29 is 14.4 Å². The third kappa shape index (κ3) is 3.20. The highest BCUT2D eigenvalue weighted by Gasteiger charge is 2.30. The first kappa shape index (κ1) is 15.2. The first-order valence-electron chi connectivity index (χ1n) is 7.64. The van der Waals surface area contributed by atoms with Gasteiger partial charge in [0.05, 0.1) is 25.2 Å². The summed E-state index contributed by atoms with van der Waals surface area (Å²) in [7, 11) is 0. The summed E-state index contributed by atoms with van der Waals surface area (Å²) in [5, 5.41) is 1.88. The molecule has 2 N–H and O–H groups in total. The molecule has 1 fully saturated rings. The number of carbonyl (C=O) groups excluding carboxylic acids is 1. The fraction of sp³-hybridized carbons (Fsp3) is 0.533. The molecule has 118 valence electrons. The van der Waals surface area contributed by atoms with Crippen molar-refractivity contribution in [3.05, 3.63) is 27.6 Å². The Morgan fingerprint density at radius 2 is 2.45 bits per heavy atom. The van der Waals surface area contributed by atoms with Crippen LogP contribution in [-0.2, 0) is 16.1 Å². The number of thiophene rings is 1. The van der Waals surface area contributed by atoms with Crippen LogP contribution < -0.4 is 10.5 Å². The lowest BCUT2D eigenvalue weighted by Gasteiger charge is -2.28. The number of likely N-dealkylation sites (tertiary alicyclic amines) is 1. The van der Waals surface area contributed by atoms with Gasteiger partial charge in [-0.1, -0.05) is 0 Å². The second-order valence-corrected chi connectivity index (χ2v) is 6.54. The molecule has 0 aliphatic carbocycles. The number of nitrogens with one attached hydrogen (secondary N) is 2. The molecule has 0 amide bonds. The van der Waals surface area contributed by atoms with Crippen molar-refractivity contribution >= 4 is 27.5 Å². The van der Waals surface area contributed by atoms with Crippen molar-refractivity contribution in [1.82, 2.24) is 9.97 Å². The molecule has 0 saturated carbocycles. The third-order valence-electron chi connectivity index (χ3n) is 4.02. The van der Waals surface area contributed by atoms with Crippen molar-refractivity contribution in [3.8, 4) is 0 Å². The summed E-state index contributed by atoms with van der Waals surface area (Å²) in [5.74, 6) is 0.546. The van der Waals surface area contributed by atoms with E-state index in [2.05, 4.69) is 9.97 Å². The van der Waals surface area contributed by atoms with Crippen LogP contribution in [0.5, 0.6) is 0 Å². The van der Waals surface area contributed by atoms with Gasteiger partial charge in [-0.15, -0.1) is 11.3 Å².